The SMILES string of the molecule is CCOC(=O)CS(=O)(=O)NCC(N)C(C)C. The molecule has 1 atom stereocenters. The normalized spacial score (nSPS) is 13.8. The molecule has 0 aromatic carbocycles. The summed E-state index contributed by atoms with van der Waals surface area (Å²) in [6.45, 7) is 5.69. The molecular formula is C9H20N2O4S. The molecule has 0 saturated carbocycles. The van der Waals surface area contributed by atoms with Gasteiger partial charge in [0, 0.05) is 12.6 Å². The standard InChI is InChI=1S/C9H20N2O4S/c1-4-15-9(12)6-16(13,14)11-5-8(10)7(2)3/h7-8,11H,4-6,10H2,1-3H3. The molecule has 0 radical (unpaired) electrons. The van der Waals surface area contributed by atoms with Crippen molar-refractivity contribution in [2.45, 2.75) is 26.8 Å². The van der Waals surface area contributed by atoms with Crippen molar-refractivity contribution in [3.63, 3.8) is 0 Å². The van der Waals surface area contributed by atoms with Crippen molar-refractivity contribution in [2.24, 2.45) is 11.7 Å². The molecular weight excluding hydrogens is 232 g/mol. The Bertz CT molecular complexity index is 313. The van der Waals surface area contributed by atoms with E-state index in [1.807, 2.05) is 13.8 Å². The van der Waals surface area contributed by atoms with Crippen molar-refractivity contribution in [3.8, 4) is 0 Å². The molecule has 16 heavy (non-hydrogen) atoms. The minimum absolute atomic E-state index is 0.124. The van der Waals surface area contributed by atoms with E-state index in [0.29, 0.717) is 0 Å². The highest BCUT2D eigenvalue weighted by atomic mass is 32.2. The molecule has 0 rings (SSSR count). The Hall–Kier alpha value is -0.660. The van der Waals surface area contributed by atoms with Crippen LogP contribution >= 0.6 is 0 Å². The minimum atomic E-state index is -3.64. The molecule has 0 aliphatic carbocycles. The van der Waals surface area contributed by atoms with Crippen LogP contribution in [0.15, 0.2) is 0 Å². The first-order valence-electron chi connectivity index (χ1n) is 5.17. The number of rotatable bonds is 7. The number of carbonyl (C=O) groups excluding carboxylic acids is 1. The third kappa shape index (κ3) is 6.76. The maximum absolute atomic E-state index is 11.4. The highest BCUT2D eigenvalue weighted by Gasteiger charge is 2.18. The number of esters is 1. The zero-order chi connectivity index (χ0) is 12.8. The second kappa shape index (κ2) is 6.82. The van der Waals surface area contributed by atoms with E-state index in [4.69, 9.17) is 5.73 Å². The molecule has 0 aliphatic heterocycles. The van der Waals surface area contributed by atoms with Gasteiger partial charge >= 0.3 is 5.97 Å². The average molecular weight is 252 g/mol. The van der Waals surface area contributed by atoms with E-state index >= 15 is 0 Å². The number of hydrogen-bond donors (Lipinski definition) is 2. The van der Waals surface area contributed by atoms with Gasteiger partial charge < -0.3 is 10.5 Å². The Morgan fingerprint density at radius 1 is 1.44 bits per heavy atom. The van der Waals surface area contributed by atoms with E-state index in [-0.39, 0.29) is 25.1 Å². The Balaban J connectivity index is 4.11. The van der Waals surface area contributed by atoms with E-state index in [2.05, 4.69) is 9.46 Å². The summed E-state index contributed by atoms with van der Waals surface area (Å²) in [5.41, 5.74) is 5.67. The minimum Gasteiger partial charge on any atom is -0.465 e. The van der Waals surface area contributed by atoms with Gasteiger partial charge in [-0.05, 0) is 12.8 Å². The van der Waals surface area contributed by atoms with E-state index in [1.54, 1.807) is 6.92 Å². The molecule has 0 amide bonds. The fourth-order valence-electron chi connectivity index (χ4n) is 0.868. The van der Waals surface area contributed by atoms with Gasteiger partial charge in [0.25, 0.3) is 0 Å². The predicted molar refractivity (Wildman–Crippen MR) is 61.2 cm³/mol. The van der Waals surface area contributed by atoms with Gasteiger partial charge in [0.05, 0.1) is 6.61 Å². The van der Waals surface area contributed by atoms with E-state index in [9.17, 15) is 13.2 Å². The number of nitrogens with one attached hydrogen (secondary N) is 1. The lowest BCUT2D eigenvalue weighted by Crippen LogP contribution is -2.42. The molecule has 7 heteroatoms. The Kier molecular flexibility index (Phi) is 6.54. The van der Waals surface area contributed by atoms with Crippen LogP contribution in [0.5, 0.6) is 0 Å². The van der Waals surface area contributed by atoms with E-state index in [0.717, 1.165) is 0 Å². The summed E-state index contributed by atoms with van der Waals surface area (Å²) in [5, 5.41) is 0. The molecule has 0 heterocycles. The Morgan fingerprint density at radius 3 is 2.44 bits per heavy atom. The predicted octanol–water partition coefficient (Wildman–Crippen LogP) is -0.548. The van der Waals surface area contributed by atoms with Gasteiger partial charge in [-0.25, -0.2) is 13.1 Å². The Labute approximate surface area is 96.6 Å². The second-order valence-electron chi connectivity index (χ2n) is 3.82. The van der Waals surface area contributed by atoms with Crippen molar-refractivity contribution in [2.75, 3.05) is 18.9 Å². The van der Waals surface area contributed by atoms with Crippen LogP contribution in [-0.4, -0.2) is 39.3 Å². The lowest BCUT2D eigenvalue weighted by atomic mass is 10.1. The highest BCUT2D eigenvalue weighted by Crippen LogP contribution is 1.97. The summed E-state index contributed by atoms with van der Waals surface area (Å²) in [6, 6.07) is -0.267. The molecule has 3 N–H and O–H groups in total. The monoisotopic (exact) mass is 252 g/mol. The third-order valence-electron chi connectivity index (χ3n) is 2.01. The highest BCUT2D eigenvalue weighted by molar-refractivity contribution is 7.90. The van der Waals surface area contributed by atoms with Gasteiger partial charge in [-0.3, -0.25) is 4.79 Å². The van der Waals surface area contributed by atoms with Crippen LogP contribution in [0.25, 0.3) is 0 Å². The molecule has 0 spiro atoms. The fourth-order valence-corrected chi connectivity index (χ4v) is 1.81. The fraction of sp³-hybridized carbons (Fsp3) is 0.889. The zero-order valence-electron chi connectivity index (χ0n) is 9.89. The summed E-state index contributed by atoms with van der Waals surface area (Å²) < 4.78 is 29.6. The summed E-state index contributed by atoms with van der Waals surface area (Å²) in [4.78, 5) is 11.0. The van der Waals surface area contributed by atoms with Gasteiger partial charge in [0.2, 0.25) is 10.0 Å². The average Bonchev–Trinajstić information content (AvgIpc) is 2.13. The van der Waals surface area contributed by atoms with Crippen LogP contribution in [0.2, 0.25) is 0 Å². The van der Waals surface area contributed by atoms with Crippen LogP contribution in [0, 0.1) is 5.92 Å². The Morgan fingerprint density at radius 2 is 2.00 bits per heavy atom. The van der Waals surface area contributed by atoms with Crippen molar-refractivity contribution >= 4 is 16.0 Å². The van der Waals surface area contributed by atoms with Crippen LogP contribution in [0.3, 0.4) is 0 Å². The van der Waals surface area contributed by atoms with Crippen LogP contribution in [-0.2, 0) is 19.6 Å². The van der Waals surface area contributed by atoms with Crippen LogP contribution in [0.1, 0.15) is 20.8 Å². The molecule has 0 aliphatic rings. The number of nitrogens with two attached hydrogens (primary N) is 1. The summed E-state index contributed by atoms with van der Waals surface area (Å²) >= 11 is 0. The molecule has 0 aromatic heterocycles. The maximum atomic E-state index is 11.4. The van der Waals surface area contributed by atoms with Crippen molar-refractivity contribution in [1.29, 1.82) is 0 Å². The lowest BCUT2D eigenvalue weighted by Gasteiger charge is -2.15. The number of sulfonamides is 1. The topological polar surface area (TPSA) is 98.5 Å². The van der Waals surface area contributed by atoms with Crippen molar-refractivity contribution < 1.29 is 17.9 Å². The summed E-state index contributed by atoms with van der Waals surface area (Å²) in [5.74, 6) is -1.25. The van der Waals surface area contributed by atoms with E-state index < -0.39 is 21.7 Å². The number of hydrogen-bond acceptors (Lipinski definition) is 5. The number of carbonyl (C=O) groups is 1. The van der Waals surface area contributed by atoms with Gasteiger partial charge in [0.15, 0.2) is 5.75 Å². The summed E-state index contributed by atoms with van der Waals surface area (Å²) in [6.07, 6.45) is 0. The lowest BCUT2D eigenvalue weighted by molar-refractivity contribution is -0.139. The molecule has 0 fully saturated rings. The van der Waals surface area contributed by atoms with Crippen LogP contribution in [0.4, 0.5) is 0 Å². The molecule has 0 bridgehead atoms. The maximum Gasteiger partial charge on any atom is 0.322 e. The van der Waals surface area contributed by atoms with Crippen LogP contribution < -0.4 is 10.5 Å². The molecule has 0 saturated heterocycles. The van der Waals surface area contributed by atoms with Gasteiger partial charge in [-0.15, -0.1) is 0 Å². The second-order valence-corrected chi connectivity index (χ2v) is 5.63. The van der Waals surface area contributed by atoms with Gasteiger partial charge in [-0.1, -0.05) is 13.8 Å². The molecule has 6 nitrogen and oxygen atoms in total. The third-order valence-corrected chi connectivity index (χ3v) is 3.23. The largest absolute Gasteiger partial charge is 0.465 e. The van der Waals surface area contributed by atoms with Crippen molar-refractivity contribution in [3.05, 3.63) is 0 Å². The van der Waals surface area contributed by atoms with E-state index in [1.165, 1.54) is 0 Å². The molecule has 1 unspecified atom stereocenters. The summed E-state index contributed by atoms with van der Waals surface area (Å²) in [7, 11) is -3.64. The van der Waals surface area contributed by atoms with Gasteiger partial charge in [-0.2, -0.15) is 0 Å². The first-order chi connectivity index (χ1) is 7.28. The van der Waals surface area contributed by atoms with Crippen molar-refractivity contribution in [1.82, 2.24) is 4.72 Å². The first-order valence-corrected chi connectivity index (χ1v) is 6.82. The molecule has 0 aromatic rings. The number of ether oxygens (including phenoxy) is 1. The smallest absolute Gasteiger partial charge is 0.322 e. The van der Waals surface area contributed by atoms with Gasteiger partial charge in [0.1, 0.15) is 0 Å². The molecule has 96 valence electrons. The zero-order valence-corrected chi connectivity index (χ0v) is 10.7. The first kappa shape index (κ1) is 15.3. The quantitative estimate of drug-likeness (QED) is 0.592.